The van der Waals surface area contributed by atoms with E-state index in [1.807, 2.05) is 50.2 Å². The maximum Gasteiger partial charge on any atom is 0.255 e. The molecule has 2 aromatic carbocycles. The first-order chi connectivity index (χ1) is 10.6. The molecule has 0 fully saturated rings. The molecule has 0 bridgehead atoms. The average Bonchev–Trinajstić information content (AvgIpc) is 2.83. The largest absolute Gasteiger partial charge is 0.325 e. The zero-order valence-electron chi connectivity index (χ0n) is 12.6. The van der Waals surface area contributed by atoms with Crippen molar-refractivity contribution in [2.24, 2.45) is 5.92 Å². The predicted octanol–water partition coefficient (Wildman–Crippen LogP) is 3.63. The molecule has 2 amide bonds. The van der Waals surface area contributed by atoms with Gasteiger partial charge < -0.3 is 10.6 Å². The molecule has 1 unspecified atom stereocenters. The van der Waals surface area contributed by atoms with Crippen LogP contribution in [0.5, 0.6) is 0 Å². The lowest BCUT2D eigenvalue weighted by Gasteiger charge is -2.14. The smallest absolute Gasteiger partial charge is 0.255 e. The third kappa shape index (κ3) is 2.60. The van der Waals surface area contributed by atoms with Gasteiger partial charge in [-0.25, -0.2) is 0 Å². The van der Waals surface area contributed by atoms with Crippen molar-refractivity contribution in [1.82, 2.24) is 0 Å². The summed E-state index contributed by atoms with van der Waals surface area (Å²) in [5.41, 5.74) is 3.10. The minimum Gasteiger partial charge on any atom is -0.325 e. The molecule has 1 atom stereocenters. The summed E-state index contributed by atoms with van der Waals surface area (Å²) in [7, 11) is 0. The third-order valence-corrected chi connectivity index (χ3v) is 3.89. The first-order valence-corrected chi connectivity index (χ1v) is 7.37. The van der Waals surface area contributed by atoms with E-state index < -0.39 is 0 Å². The van der Waals surface area contributed by atoms with Gasteiger partial charge in [-0.2, -0.15) is 0 Å². The Labute approximate surface area is 129 Å². The van der Waals surface area contributed by atoms with E-state index in [9.17, 15) is 9.59 Å². The van der Waals surface area contributed by atoms with Crippen LogP contribution < -0.4 is 10.6 Å². The first kappa shape index (κ1) is 14.3. The van der Waals surface area contributed by atoms with E-state index in [0.717, 1.165) is 11.3 Å². The number of anilines is 2. The second-order valence-electron chi connectivity index (χ2n) is 5.83. The molecular formula is C18H18N2O2. The molecule has 112 valence electrons. The molecule has 4 nitrogen and oxygen atoms in total. The lowest BCUT2D eigenvalue weighted by Crippen LogP contribution is -2.17. The number of rotatable bonds is 3. The Morgan fingerprint density at radius 3 is 2.55 bits per heavy atom. The Hall–Kier alpha value is -2.62. The predicted molar refractivity (Wildman–Crippen MR) is 87.0 cm³/mol. The molecule has 0 aliphatic carbocycles. The van der Waals surface area contributed by atoms with E-state index in [-0.39, 0.29) is 23.7 Å². The van der Waals surface area contributed by atoms with E-state index in [0.29, 0.717) is 11.3 Å². The van der Waals surface area contributed by atoms with Crippen LogP contribution >= 0.6 is 0 Å². The SMILES string of the molecule is CC(C)C1C(=O)Nc2ccc(NC(=O)c3ccccc3)cc21. The Balaban J connectivity index is 1.86. The zero-order chi connectivity index (χ0) is 15.7. The van der Waals surface area contributed by atoms with E-state index in [4.69, 9.17) is 0 Å². The number of fused-ring (bicyclic) bond motifs is 1. The van der Waals surface area contributed by atoms with Crippen LogP contribution in [0.1, 0.15) is 35.7 Å². The second kappa shape index (κ2) is 5.64. The molecule has 0 aromatic heterocycles. The molecular weight excluding hydrogens is 276 g/mol. The number of hydrogen-bond acceptors (Lipinski definition) is 2. The van der Waals surface area contributed by atoms with Crippen molar-refractivity contribution in [3.8, 4) is 0 Å². The maximum absolute atomic E-state index is 12.2. The highest BCUT2D eigenvalue weighted by Crippen LogP contribution is 2.38. The van der Waals surface area contributed by atoms with Gasteiger partial charge in [-0.15, -0.1) is 0 Å². The van der Waals surface area contributed by atoms with Crippen molar-refractivity contribution in [3.63, 3.8) is 0 Å². The molecule has 0 saturated carbocycles. The lowest BCUT2D eigenvalue weighted by atomic mass is 9.89. The normalized spacial score (nSPS) is 16.3. The first-order valence-electron chi connectivity index (χ1n) is 7.37. The van der Waals surface area contributed by atoms with Gasteiger partial charge in [-0.05, 0) is 41.8 Å². The molecule has 22 heavy (non-hydrogen) atoms. The third-order valence-electron chi connectivity index (χ3n) is 3.89. The van der Waals surface area contributed by atoms with E-state index in [1.54, 1.807) is 12.1 Å². The van der Waals surface area contributed by atoms with Gasteiger partial charge in [-0.1, -0.05) is 32.0 Å². The number of carbonyl (C=O) groups is 2. The summed E-state index contributed by atoms with van der Waals surface area (Å²) in [6.45, 7) is 4.04. The fourth-order valence-electron chi connectivity index (χ4n) is 2.82. The number of hydrogen-bond donors (Lipinski definition) is 2. The highest BCUT2D eigenvalue weighted by Gasteiger charge is 2.33. The minimum absolute atomic E-state index is 0.0246. The van der Waals surface area contributed by atoms with Crippen LogP contribution in [0.15, 0.2) is 48.5 Å². The average molecular weight is 294 g/mol. The van der Waals surface area contributed by atoms with Crippen molar-refractivity contribution < 1.29 is 9.59 Å². The van der Waals surface area contributed by atoms with Crippen LogP contribution in [-0.2, 0) is 4.79 Å². The Morgan fingerprint density at radius 1 is 1.14 bits per heavy atom. The summed E-state index contributed by atoms with van der Waals surface area (Å²) < 4.78 is 0. The van der Waals surface area contributed by atoms with Gasteiger partial charge in [0.25, 0.3) is 5.91 Å². The maximum atomic E-state index is 12.2. The van der Waals surface area contributed by atoms with E-state index in [2.05, 4.69) is 10.6 Å². The van der Waals surface area contributed by atoms with Crippen LogP contribution in [0.2, 0.25) is 0 Å². The Bertz CT molecular complexity index is 723. The fraction of sp³-hybridized carbons (Fsp3) is 0.222. The number of carbonyl (C=O) groups excluding carboxylic acids is 2. The summed E-state index contributed by atoms with van der Waals surface area (Å²) in [6.07, 6.45) is 0. The zero-order valence-corrected chi connectivity index (χ0v) is 12.6. The summed E-state index contributed by atoms with van der Waals surface area (Å²) in [5, 5.41) is 5.77. The van der Waals surface area contributed by atoms with Gasteiger partial charge in [0.1, 0.15) is 0 Å². The van der Waals surface area contributed by atoms with Crippen LogP contribution in [0.25, 0.3) is 0 Å². The molecule has 1 aliphatic rings. The molecule has 1 heterocycles. The monoisotopic (exact) mass is 294 g/mol. The Kier molecular flexibility index (Phi) is 3.67. The molecule has 2 N–H and O–H groups in total. The van der Waals surface area contributed by atoms with Crippen molar-refractivity contribution in [2.75, 3.05) is 10.6 Å². The second-order valence-corrected chi connectivity index (χ2v) is 5.83. The number of benzene rings is 2. The van der Waals surface area contributed by atoms with Gasteiger partial charge in [0.05, 0.1) is 5.92 Å². The van der Waals surface area contributed by atoms with Crippen molar-refractivity contribution >= 4 is 23.2 Å². The van der Waals surface area contributed by atoms with Gasteiger partial charge >= 0.3 is 0 Å². The molecule has 1 aliphatic heterocycles. The summed E-state index contributed by atoms with van der Waals surface area (Å²) in [5.74, 6) is -0.0830. The van der Waals surface area contributed by atoms with E-state index >= 15 is 0 Å². The molecule has 4 heteroatoms. The number of nitrogens with one attached hydrogen (secondary N) is 2. The molecule has 0 spiro atoms. The number of amides is 2. The van der Waals surface area contributed by atoms with Crippen LogP contribution in [0.3, 0.4) is 0 Å². The molecule has 0 radical (unpaired) electrons. The Morgan fingerprint density at radius 2 is 1.86 bits per heavy atom. The van der Waals surface area contributed by atoms with Crippen molar-refractivity contribution in [3.05, 3.63) is 59.7 Å². The highest BCUT2D eigenvalue weighted by molar-refractivity contribution is 6.06. The van der Waals surface area contributed by atoms with Crippen LogP contribution in [0, 0.1) is 5.92 Å². The van der Waals surface area contributed by atoms with Gasteiger partial charge in [-0.3, -0.25) is 9.59 Å². The van der Waals surface area contributed by atoms with Crippen LogP contribution in [-0.4, -0.2) is 11.8 Å². The topological polar surface area (TPSA) is 58.2 Å². The summed E-state index contributed by atoms with van der Waals surface area (Å²) >= 11 is 0. The quantitative estimate of drug-likeness (QED) is 0.908. The lowest BCUT2D eigenvalue weighted by molar-refractivity contribution is -0.117. The summed E-state index contributed by atoms with van der Waals surface area (Å²) in [4.78, 5) is 24.2. The van der Waals surface area contributed by atoms with Crippen molar-refractivity contribution in [2.45, 2.75) is 19.8 Å². The standard InChI is InChI=1S/C18H18N2O2/c1-11(2)16-14-10-13(8-9-15(14)20-18(16)22)19-17(21)12-6-4-3-5-7-12/h3-11,16H,1-2H3,(H,19,21)(H,20,22). The van der Waals surface area contributed by atoms with Gasteiger partial charge in [0.2, 0.25) is 5.91 Å². The van der Waals surface area contributed by atoms with Gasteiger partial charge in [0, 0.05) is 16.9 Å². The minimum atomic E-state index is -0.163. The van der Waals surface area contributed by atoms with Crippen LogP contribution in [0.4, 0.5) is 11.4 Å². The highest BCUT2D eigenvalue weighted by atomic mass is 16.2. The molecule has 2 aromatic rings. The summed E-state index contributed by atoms with van der Waals surface area (Å²) in [6, 6.07) is 14.6. The van der Waals surface area contributed by atoms with E-state index in [1.165, 1.54) is 0 Å². The van der Waals surface area contributed by atoms with Crippen molar-refractivity contribution in [1.29, 1.82) is 0 Å². The fourth-order valence-corrected chi connectivity index (χ4v) is 2.82. The van der Waals surface area contributed by atoms with Gasteiger partial charge in [0.15, 0.2) is 0 Å². The molecule has 3 rings (SSSR count). The molecule has 0 saturated heterocycles.